The Hall–Kier alpha value is -1.47. The zero-order valence-electron chi connectivity index (χ0n) is 16.8. The van der Waals surface area contributed by atoms with Crippen LogP contribution in [0.2, 0.25) is 0 Å². The van der Waals surface area contributed by atoms with Gasteiger partial charge in [0.05, 0.1) is 23.7 Å². The number of carboxylic acid groups (broad SMARTS) is 1. The SMILES string of the molecule is CCCCC(=S)NCC(=O)NC[C@H]1[C@@H](C/C=C\CCCC(=O)O)[C@H]2CC[C@@H]1O2. The molecule has 0 aromatic carbocycles. The molecule has 0 unspecified atom stereocenters. The van der Waals surface area contributed by atoms with Crippen LogP contribution < -0.4 is 10.6 Å². The Morgan fingerprint density at radius 2 is 1.86 bits per heavy atom. The van der Waals surface area contributed by atoms with Gasteiger partial charge < -0.3 is 20.5 Å². The number of ether oxygens (including phenoxy) is 1. The zero-order valence-corrected chi connectivity index (χ0v) is 17.6. The lowest BCUT2D eigenvalue weighted by molar-refractivity contribution is -0.137. The van der Waals surface area contributed by atoms with Gasteiger partial charge in [-0.15, -0.1) is 0 Å². The van der Waals surface area contributed by atoms with E-state index in [0.717, 1.165) is 49.9 Å². The molecule has 0 aromatic rings. The fourth-order valence-corrected chi connectivity index (χ4v) is 4.34. The largest absolute Gasteiger partial charge is 0.481 e. The van der Waals surface area contributed by atoms with E-state index in [2.05, 4.69) is 29.7 Å². The summed E-state index contributed by atoms with van der Waals surface area (Å²) in [6.45, 7) is 2.99. The third-order valence-electron chi connectivity index (χ3n) is 5.67. The molecule has 4 atom stereocenters. The van der Waals surface area contributed by atoms with Gasteiger partial charge in [0.1, 0.15) is 0 Å². The third kappa shape index (κ3) is 7.51. The zero-order chi connectivity index (χ0) is 20.4. The minimum Gasteiger partial charge on any atom is -0.481 e. The fraction of sp³-hybridized carbons (Fsp3) is 0.762. The molecule has 2 aliphatic rings. The van der Waals surface area contributed by atoms with Gasteiger partial charge in [-0.2, -0.15) is 0 Å². The van der Waals surface area contributed by atoms with Crippen molar-refractivity contribution in [3.63, 3.8) is 0 Å². The second-order valence-corrected chi connectivity index (χ2v) is 8.29. The number of nitrogens with one attached hydrogen (secondary N) is 2. The van der Waals surface area contributed by atoms with E-state index in [9.17, 15) is 9.59 Å². The van der Waals surface area contributed by atoms with Crippen molar-refractivity contribution in [2.45, 2.75) is 76.9 Å². The lowest BCUT2D eigenvalue weighted by Gasteiger charge is -2.27. The number of carbonyl (C=O) groups is 2. The maximum atomic E-state index is 12.1. The number of aliphatic carboxylic acids is 1. The number of carbonyl (C=O) groups excluding carboxylic acids is 1. The molecule has 0 aromatic heterocycles. The van der Waals surface area contributed by atoms with Crippen molar-refractivity contribution in [2.24, 2.45) is 11.8 Å². The quantitative estimate of drug-likeness (QED) is 0.246. The van der Waals surface area contributed by atoms with Crippen molar-refractivity contribution in [2.75, 3.05) is 13.1 Å². The molecule has 7 heteroatoms. The lowest BCUT2D eigenvalue weighted by Crippen LogP contribution is -2.42. The van der Waals surface area contributed by atoms with Gasteiger partial charge in [0, 0.05) is 18.9 Å². The number of unbranched alkanes of at least 4 members (excludes halogenated alkanes) is 2. The van der Waals surface area contributed by atoms with Crippen LogP contribution in [0.4, 0.5) is 0 Å². The summed E-state index contributed by atoms with van der Waals surface area (Å²) < 4.78 is 6.08. The molecular weight excluding hydrogens is 376 g/mol. The minimum absolute atomic E-state index is 0.0235. The second-order valence-electron chi connectivity index (χ2n) is 7.80. The van der Waals surface area contributed by atoms with Crippen molar-refractivity contribution in [1.29, 1.82) is 0 Å². The highest BCUT2D eigenvalue weighted by atomic mass is 32.1. The van der Waals surface area contributed by atoms with Gasteiger partial charge in [-0.3, -0.25) is 9.59 Å². The molecule has 158 valence electrons. The van der Waals surface area contributed by atoms with E-state index in [1.807, 2.05) is 0 Å². The Balaban J connectivity index is 1.70. The average Bonchev–Trinajstić information content (AvgIpc) is 3.27. The number of rotatable bonds is 13. The highest BCUT2D eigenvalue weighted by molar-refractivity contribution is 7.80. The average molecular weight is 411 g/mol. The van der Waals surface area contributed by atoms with E-state index >= 15 is 0 Å². The maximum absolute atomic E-state index is 12.1. The lowest BCUT2D eigenvalue weighted by atomic mass is 9.77. The summed E-state index contributed by atoms with van der Waals surface area (Å²) in [7, 11) is 0. The molecule has 2 aliphatic heterocycles. The predicted molar refractivity (Wildman–Crippen MR) is 113 cm³/mol. The molecule has 2 fully saturated rings. The van der Waals surface area contributed by atoms with E-state index in [4.69, 9.17) is 22.1 Å². The number of thiocarbonyl (C=S) groups is 1. The molecule has 0 radical (unpaired) electrons. The standard InChI is InChI=1S/C21H34N2O4S/c1-2-3-9-20(28)23-14-19(24)22-13-16-15(17-11-12-18(16)27-17)8-6-4-5-7-10-21(25)26/h4,6,15-18H,2-3,5,7-14H2,1H3,(H,22,24)(H,23,28)(H,25,26)/b6-4-/t15-,16+,17-,18+/m1/s1. The van der Waals surface area contributed by atoms with E-state index < -0.39 is 5.97 Å². The number of carboxylic acids is 1. The van der Waals surface area contributed by atoms with E-state index in [1.165, 1.54) is 0 Å². The Morgan fingerprint density at radius 1 is 1.11 bits per heavy atom. The number of fused-ring (bicyclic) bond motifs is 2. The molecule has 6 nitrogen and oxygen atoms in total. The van der Waals surface area contributed by atoms with Gasteiger partial charge in [-0.1, -0.05) is 37.7 Å². The van der Waals surface area contributed by atoms with Crippen molar-refractivity contribution in [3.05, 3.63) is 12.2 Å². The molecule has 3 N–H and O–H groups in total. The van der Waals surface area contributed by atoms with Crippen LogP contribution in [-0.2, 0) is 14.3 Å². The fourth-order valence-electron chi connectivity index (χ4n) is 4.12. The Kier molecular flexibility index (Phi) is 9.92. The van der Waals surface area contributed by atoms with Crippen LogP contribution in [0.25, 0.3) is 0 Å². The first-order chi connectivity index (χ1) is 13.5. The topological polar surface area (TPSA) is 87.7 Å². The van der Waals surface area contributed by atoms with Crippen LogP contribution in [-0.4, -0.2) is 47.3 Å². The first kappa shape index (κ1) is 22.8. The smallest absolute Gasteiger partial charge is 0.303 e. The maximum Gasteiger partial charge on any atom is 0.303 e. The van der Waals surface area contributed by atoms with Crippen LogP contribution in [0.15, 0.2) is 12.2 Å². The summed E-state index contributed by atoms with van der Waals surface area (Å²) in [5.41, 5.74) is 0. The van der Waals surface area contributed by atoms with Gasteiger partial charge >= 0.3 is 5.97 Å². The molecule has 2 bridgehead atoms. The van der Waals surface area contributed by atoms with E-state index in [-0.39, 0.29) is 31.1 Å². The molecule has 0 saturated carbocycles. The predicted octanol–water partition coefficient (Wildman–Crippen LogP) is 3.20. The van der Waals surface area contributed by atoms with Crippen LogP contribution in [0.1, 0.15) is 64.7 Å². The van der Waals surface area contributed by atoms with Gasteiger partial charge in [-0.25, -0.2) is 0 Å². The number of hydrogen-bond donors (Lipinski definition) is 3. The summed E-state index contributed by atoms with van der Waals surface area (Å²) in [5.74, 6) is 0.00249. The Morgan fingerprint density at radius 3 is 2.57 bits per heavy atom. The molecule has 2 rings (SSSR count). The van der Waals surface area contributed by atoms with Gasteiger partial charge in [0.25, 0.3) is 0 Å². The van der Waals surface area contributed by atoms with E-state index in [0.29, 0.717) is 24.8 Å². The molecular formula is C21H34N2O4S. The minimum atomic E-state index is -0.744. The van der Waals surface area contributed by atoms with E-state index in [1.54, 1.807) is 0 Å². The van der Waals surface area contributed by atoms with Crippen molar-refractivity contribution in [1.82, 2.24) is 10.6 Å². The Labute approximate surface area is 173 Å². The van der Waals surface area contributed by atoms with Crippen LogP contribution >= 0.6 is 12.2 Å². The molecule has 2 saturated heterocycles. The molecule has 2 heterocycles. The van der Waals surface area contributed by atoms with Gasteiger partial charge in [0.15, 0.2) is 0 Å². The second kappa shape index (κ2) is 12.2. The summed E-state index contributed by atoms with van der Waals surface area (Å²) in [6.07, 6.45) is 12.5. The monoisotopic (exact) mass is 410 g/mol. The highest BCUT2D eigenvalue weighted by Gasteiger charge is 2.47. The van der Waals surface area contributed by atoms with Crippen molar-refractivity contribution < 1.29 is 19.4 Å². The summed E-state index contributed by atoms with van der Waals surface area (Å²) in [6, 6.07) is 0. The molecule has 28 heavy (non-hydrogen) atoms. The highest BCUT2D eigenvalue weighted by Crippen LogP contribution is 2.44. The van der Waals surface area contributed by atoms with Crippen molar-refractivity contribution in [3.8, 4) is 0 Å². The molecule has 0 aliphatic carbocycles. The first-order valence-corrected chi connectivity index (χ1v) is 11.0. The summed E-state index contributed by atoms with van der Waals surface area (Å²) in [4.78, 5) is 23.4. The molecule has 1 amide bonds. The molecule has 0 spiro atoms. The number of allylic oxidation sites excluding steroid dienone is 2. The van der Waals surface area contributed by atoms with Crippen molar-refractivity contribution >= 4 is 29.1 Å². The number of hydrogen-bond acceptors (Lipinski definition) is 4. The van der Waals surface area contributed by atoms with Gasteiger partial charge in [0.2, 0.25) is 5.91 Å². The summed E-state index contributed by atoms with van der Waals surface area (Å²) in [5, 5.41) is 14.8. The normalized spacial score (nSPS) is 25.9. The van der Waals surface area contributed by atoms with Crippen LogP contribution in [0, 0.1) is 11.8 Å². The number of amides is 1. The Bertz CT molecular complexity index is 567. The summed E-state index contributed by atoms with van der Waals surface area (Å²) >= 11 is 5.23. The first-order valence-electron chi connectivity index (χ1n) is 10.6. The van der Waals surface area contributed by atoms with Crippen LogP contribution in [0.5, 0.6) is 0 Å². The van der Waals surface area contributed by atoms with Gasteiger partial charge in [-0.05, 0) is 50.9 Å². The third-order valence-corrected chi connectivity index (χ3v) is 6.01. The van der Waals surface area contributed by atoms with Crippen LogP contribution in [0.3, 0.4) is 0 Å².